The van der Waals surface area contributed by atoms with Crippen molar-refractivity contribution >= 4 is 26.8 Å². The van der Waals surface area contributed by atoms with E-state index in [0.717, 1.165) is 35.8 Å². The Labute approximate surface area is 181 Å². The maximum absolute atomic E-state index is 13.5. The topological polar surface area (TPSA) is 68.2 Å². The molecule has 5 nitrogen and oxygen atoms in total. The van der Waals surface area contributed by atoms with Crippen LogP contribution in [0.4, 0.5) is 0 Å². The summed E-state index contributed by atoms with van der Waals surface area (Å²) in [4.78, 5) is 12.5. The van der Waals surface area contributed by atoms with Crippen LogP contribution in [-0.2, 0) is 10.0 Å². The maximum Gasteiger partial charge on any atom is 0.268 e. The minimum Gasteiger partial charge on any atom is -0.349 e. The highest BCUT2D eigenvalue weighted by molar-refractivity contribution is 7.90. The average Bonchev–Trinajstić information content (AvgIpc) is 3.17. The largest absolute Gasteiger partial charge is 0.349 e. The molecule has 4 aromatic rings. The third-order valence-corrected chi connectivity index (χ3v) is 7.56. The Morgan fingerprint density at radius 1 is 0.871 bits per heavy atom. The van der Waals surface area contributed by atoms with Gasteiger partial charge in [0.25, 0.3) is 15.9 Å². The number of para-hydroxylation sites is 1. The molecule has 1 N–H and O–H groups in total. The Hall–Kier alpha value is -3.38. The lowest BCUT2D eigenvalue weighted by molar-refractivity contribution is 0.0917. The second-order valence-electron chi connectivity index (χ2n) is 7.85. The van der Waals surface area contributed by atoms with Gasteiger partial charge in [-0.05, 0) is 55.2 Å². The highest BCUT2D eigenvalue weighted by Crippen LogP contribution is 2.33. The fourth-order valence-electron chi connectivity index (χ4n) is 3.91. The number of aromatic nitrogens is 1. The first kappa shape index (κ1) is 19.6. The molecule has 1 heterocycles. The molecule has 0 aliphatic heterocycles. The Bertz CT molecular complexity index is 1350. The second-order valence-corrected chi connectivity index (χ2v) is 9.67. The molecule has 1 fully saturated rings. The molecule has 6 heteroatoms. The number of hydrogen-bond acceptors (Lipinski definition) is 3. The second kappa shape index (κ2) is 7.71. The smallest absolute Gasteiger partial charge is 0.268 e. The van der Waals surface area contributed by atoms with Crippen LogP contribution >= 0.6 is 0 Å². The number of nitrogens with one attached hydrogen (secondary N) is 1. The standard InChI is InChI=1S/C25H22N2O3S/c28-25(26-20-9-6-10-20)19-13-15-21(16-14-19)31(29,30)27-17-23(18-7-2-1-3-8-18)22-11-4-5-12-24(22)27/h1-5,7-8,11-17,20H,6,9-10H2,(H,26,28). The highest BCUT2D eigenvalue weighted by atomic mass is 32.2. The summed E-state index contributed by atoms with van der Waals surface area (Å²) in [6.45, 7) is 0. The van der Waals surface area contributed by atoms with Crippen LogP contribution in [0, 0.1) is 0 Å². The number of hydrogen-bond donors (Lipinski definition) is 1. The van der Waals surface area contributed by atoms with Crippen molar-refractivity contribution in [3.8, 4) is 11.1 Å². The first-order valence-electron chi connectivity index (χ1n) is 10.4. The molecule has 5 rings (SSSR count). The summed E-state index contributed by atoms with van der Waals surface area (Å²) in [6.07, 6.45) is 4.82. The SMILES string of the molecule is O=C(NC1CCC1)c1ccc(S(=O)(=O)n2cc(-c3ccccc3)c3ccccc32)cc1. The number of rotatable bonds is 5. The van der Waals surface area contributed by atoms with E-state index in [2.05, 4.69) is 5.32 Å². The monoisotopic (exact) mass is 430 g/mol. The fraction of sp³-hybridized carbons (Fsp3) is 0.160. The van der Waals surface area contributed by atoms with Gasteiger partial charge in [-0.2, -0.15) is 0 Å². The number of benzene rings is 3. The molecular formula is C25H22N2O3S. The number of amides is 1. The van der Waals surface area contributed by atoms with Gasteiger partial charge in [-0.15, -0.1) is 0 Å². The Kier molecular flexibility index (Phi) is 4.87. The molecule has 0 bridgehead atoms. The van der Waals surface area contributed by atoms with E-state index in [9.17, 15) is 13.2 Å². The van der Waals surface area contributed by atoms with Gasteiger partial charge in [0.2, 0.25) is 0 Å². The van der Waals surface area contributed by atoms with Crippen molar-refractivity contribution in [2.45, 2.75) is 30.2 Å². The van der Waals surface area contributed by atoms with E-state index in [0.29, 0.717) is 11.1 Å². The molecule has 0 atom stereocenters. The zero-order valence-corrected chi connectivity index (χ0v) is 17.7. The number of fused-ring (bicyclic) bond motifs is 1. The van der Waals surface area contributed by atoms with Gasteiger partial charge in [-0.25, -0.2) is 12.4 Å². The molecule has 1 aliphatic rings. The van der Waals surface area contributed by atoms with Crippen molar-refractivity contribution in [1.82, 2.24) is 9.29 Å². The molecule has 1 amide bonds. The van der Waals surface area contributed by atoms with Gasteiger partial charge in [0.05, 0.1) is 10.4 Å². The molecule has 0 saturated heterocycles. The number of nitrogens with zero attached hydrogens (tertiary/aromatic N) is 1. The number of carbonyl (C=O) groups excluding carboxylic acids is 1. The summed E-state index contributed by atoms with van der Waals surface area (Å²) < 4.78 is 28.3. The predicted molar refractivity (Wildman–Crippen MR) is 122 cm³/mol. The third-order valence-electron chi connectivity index (χ3n) is 5.88. The predicted octanol–water partition coefficient (Wildman–Crippen LogP) is 4.83. The van der Waals surface area contributed by atoms with Gasteiger partial charge in [0.1, 0.15) is 0 Å². The van der Waals surface area contributed by atoms with Crippen LogP contribution in [0.3, 0.4) is 0 Å². The van der Waals surface area contributed by atoms with Crippen molar-refractivity contribution in [3.05, 3.63) is 90.6 Å². The van der Waals surface area contributed by atoms with Crippen LogP contribution in [-0.4, -0.2) is 24.3 Å². The average molecular weight is 431 g/mol. The lowest BCUT2D eigenvalue weighted by Gasteiger charge is -2.26. The lowest BCUT2D eigenvalue weighted by atomic mass is 9.93. The van der Waals surface area contributed by atoms with E-state index in [4.69, 9.17) is 0 Å². The van der Waals surface area contributed by atoms with E-state index in [-0.39, 0.29) is 16.8 Å². The van der Waals surface area contributed by atoms with Crippen LogP contribution in [0.25, 0.3) is 22.0 Å². The molecule has 0 unspecified atom stereocenters. The van der Waals surface area contributed by atoms with Crippen molar-refractivity contribution < 1.29 is 13.2 Å². The Balaban J connectivity index is 1.53. The summed E-state index contributed by atoms with van der Waals surface area (Å²) in [5.41, 5.74) is 2.90. The van der Waals surface area contributed by atoms with Crippen molar-refractivity contribution in [1.29, 1.82) is 0 Å². The normalized spacial score (nSPS) is 14.3. The Morgan fingerprint density at radius 3 is 2.23 bits per heavy atom. The first-order valence-corrected chi connectivity index (χ1v) is 11.8. The van der Waals surface area contributed by atoms with Crippen molar-refractivity contribution in [3.63, 3.8) is 0 Å². The van der Waals surface area contributed by atoms with Crippen LogP contribution in [0.1, 0.15) is 29.6 Å². The zero-order valence-electron chi connectivity index (χ0n) is 16.9. The molecule has 1 aliphatic carbocycles. The molecule has 156 valence electrons. The molecule has 31 heavy (non-hydrogen) atoms. The van der Waals surface area contributed by atoms with E-state index in [1.807, 2.05) is 48.5 Å². The summed E-state index contributed by atoms with van der Waals surface area (Å²) >= 11 is 0. The molecule has 0 spiro atoms. The van der Waals surface area contributed by atoms with Crippen molar-refractivity contribution in [2.75, 3.05) is 0 Å². The minimum absolute atomic E-state index is 0.146. The van der Waals surface area contributed by atoms with Crippen LogP contribution in [0.15, 0.2) is 90.0 Å². The van der Waals surface area contributed by atoms with E-state index >= 15 is 0 Å². The van der Waals surface area contributed by atoms with E-state index in [1.54, 1.807) is 24.4 Å². The van der Waals surface area contributed by atoms with E-state index < -0.39 is 10.0 Å². The maximum atomic E-state index is 13.5. The van der Waals surface area contributed by atoms with Gasteiger partial charge in [0.15, 0.2) is 0 Å². The summed E-state index contributed by atoms with van der Waals surface area (Å²) in [5.74, 6) is -0.161. The lowest BCUT2D eigenvalue weighted by Crippen LogP contribution is -2.39. The zero-order chi connectivity index (χ0) is 21.4. The number of carbonyl (C=O) groups is 1. The van der Waals surface area contributed by atoms with Crippen LogP contribution in [0.5, 0.6) is 0 Å². The minimum atomic E-state index is -3.83. The van der Waals surface area contributed by atoms with Gasteiger partial charge >= 0.3 is 0 Å². The quantitative estimate of drug-likeness (QED) is 0.493. The molecule has 0 radical (unpaired) electrons. The molecule has 1 aromatic heterocycles. The molecule has 1 saturated carbocycles. The van der Waals surface area contributed by atoms with Crippen LogP contribution in [0.2, 0.25) is 0 Å². The van der Waals surface area contributed by atoms with Crippen molar-refractivity contribution in [2.24, 2.45) is 0 Å². The fourth-order valence-corrected chi connectivity index (χ4v) is 5.28. The highest BCUT2D eigenvalue weighted by Gasteiger charge is 2.23. The van der Waals surface area contributed by atoms with E-state index in [1.165, 1.54) is 16.1 Å². The van der Waals surface area contributed by atoms with Gasteiger partial charge in [-0.3, -0.25) is 4.79 Å². The van der Waals surface area contributed by atoms with Crippen LogP contribution < -0.4 is 5.32 Å². The Morgan fingerprint density at radius 2 is 1.55 bits per heavy atom. The van der Waals surface area contributed by atoms with Gasteiger partial charge < -0.3 is 5.32 Å². The molecular weight excluding hydrogens is 408 g/mol. The summed E-state index contributed by atoms with van der Waals surface area (Å²) in [6, 6.07) is 23.6. The summed E-state index contributed by atoms with van der Waals surface area (Å²) in [5, 5.41) is 3.84. The van der Waals surface area contributed by atoms with Gasteiger partial charge in [0, 0.05) is 28.8 Å². The third kappa shape index (κ3) is 3.53. The van der Waals surface area contributed by atoms with Gasteiger partial charge in [-0.1, -0.05) is 48.5 Å². The first-order chi connectivity index (χ1) is 15.0. The molecule has 3 aromatic carbocycles. The summed E-state index contributed by atoms with van der Waals surface area (Å²) in [7, 11) is -3.83.